The van der Waals surface area contributed by atoms with Gasteiger partial charge in [-0.2, -0.15) is 0 Å². The summed E-state index contributed by atoms with van der Waals surface area (Å²) in [5, 5.41) is 10.9. The molecule has 1 aliphatic rings. The average Bonchev–Trinajstić information content (AvgIpc) is 3.34. The maximum Gasteiger partial charge on any atom is 0.409 e. The number of pyridine rings is 1. The number of aromatic nitrogens is 1. The molecule has 2 aromatic heterocycles. The van der Waals surface area contributed by atoms with Crippen LogP contribution in [0.4, 0.5) is 9.18 Å². The van der Waals surface area contributed by atoms with Gasteiger partial charge < -0.3 is 23.7 Å². The minimum atomic E-state index is -0.624. The number of rotatable bonds is 6. The molecule has 1 fully saturated rings. The fraction of sp³-hybridized carbons (Fsp3) is 0.360. The summed E-state index contributed by atoms with van der Waals surface area (Å²) in [6.45, 7) is 5.73. The first kappa shape index (κ1) is 23.6. The van der Waals surface area contributed by atoms with E-state index in [0.717, 1.165) is 0 Å². The number of nitrogens with zero attached hydrogens (tertiary/aromatic N) is 3. The van der Waals surface area contributed by atoms with Gasteiger partial charge in [-0.05, 0) is 49.7 Å². The average molecular weight is 470 g/mol. The number of carbonyl (C=O) groups is 1. The quantitative estimate of drug-likeness (QED) is 0.595. The van der Waals surface area contributed by atoms with E-state index in [1.54, 1.807) is 59.9 Å². The predicted molar refractivity (Wildman–Crippen MR) is 123 cm³/mol. The molecular weight excluding hydrogens is 441 g/mol. The molecule has 3 heterocycles. The summed E-state index contributed by atoms with van der Waals surface area (Å²) in [6.07, 6.45) is 1.17. The number of carbonyl (C=O) groups excluding carboxylic acids is 1. The van der Waals surface area contributed by atoms with Crippen molar-refractivity contribution in [3.8, 4) is 5.75 Å². The molecule has 3 aromatic rings. The molecule has 8 nitrogen and oxygen atoms in total. The minimum absolute atomic E-state index is 0.125. The normalized spacial score (nSPS) is 15.3. The van der Waals surface area contributed by atoms with Crippen molar-refractivity contribution >= 4 is 6.09 Å². The third kappa shape index (κ3) is 4.84. The Morgan fingerprint density at radius 1 is 1.18 bits per heavy atom. The van der Waals surface area contributed by atoms with Crippen molar-refractivity contribution in [2.24, 2.45) is 0 Å². The lowest BCUT2D eigenvalue weighted by Crippen LogP contribution is -2.50. The van der Waals surface area contributed by atoms with E-state index in [2.05, 4.69) is 0 Å². The molecule has 180 valence electrons. The third-order valence-corrected chi connectivity index (χ3v) is 6.08. The Morgan fingerprint density at radius 2 is 1.88 bits per heavy atom. The van der Waals surface area contributed by atoms with E-state index in [0.29, 0.717) is 49.8 Å². The Morgan fingerprint density at radius 3 is 2.50 bits per heavy atom. The second kappa shape index (κ2) is 10.1. The monoisotopic (exact) mass is 469 g/mol. The highest BCUT2D eigenvalue weighted by molar-refractivity contribution is 5.67. The van der Waals surface area contributed by atoms with E-state index in [1.165, 1.54) is 12.1 Å². The summed E-state index contributed by atoms with van der Waals surface area (Å²) in [6, 6.07) is 10.4. The van der Waals surface area contributed by atoms with Crippen LogP contribution < -0.4 is 5.56 Å². The van der Waals surface area contributed by atoms with Crippen LogP contribution >= 0.6 is 0 Å². The van der Waals surface area contributed by atoms with E-state index < -0.39 is 11.9 Å². The van der Waals surface area contributed by atoms with E-state index in [1.807, 2.05) is 4.90 Å². The fourth-order valence-corrected chi connectivity index (χ4v) is 4.36. The van der Waals surface area contributed by atoms with Crippen molar-refractivity contribution in [2.75, 3.05) is 32.8 Å². The van der Waals surface area contributed by atoms with Crippen LogP contribution in [-0.2, 0) is 11.3 Å². The smallest absolute Gasteiger partial charge is 0.409 e. The van der Waals surface area contributed by atoms with E-state index >= 15 is 0 Å². The van der Waals surface area contributed by atoms with Crippen LogP contribution in [-0.4, -0.2) is 58.4 Å². The van der Waals surface area contributed by atoms with Crippen LogP contribution in [0.2, 0.25) is 0 Å². The van der Waals surface area contributed by atoms with E-state index in [4.69, 9.17) is 9.15 Å². The van der Waals surface area contributed by atoms with Gasteiger partial charge in [-0.25, -0.2) is 9.18 Å². The maximum absolute atomic E-state index is 13.7. The Bertz CT molecular complexity index is 1180. The van der Waals surface area contributed by atoms with Gasteiger partial charge in [-0.1, -0.05) is 12.1 Å². The van der Waals surface area contributed by atoms with Gasteiger partial charge in [-0.3, -0.25) is 9.69 Å². The number of aryl methyl sites for hydroxylation is 1. The molecule has 0 bridgehead atoms. The number of hydrogen-bond donors (Lipinski definition) is 1. The fourth-order valence-electron chi connectivity index (χ4n) is 4.36. The molecule has 1 aliphatic heterocycles. The first-order valence-corrected chi connectivity index (χ1v) is 11.3. The Labute approximate surface area is 196 Å². The summed E-state index contributed by atoms with van der Waals surface area (Å²) < 4.78 is 25.8. The highest BCUT2D eigenvalue weighted by Gasteiger charge is 2.32. The molecule has 0 unspecified atom stereocenters. The molecule has 4 rings (SSSR count). The van der Waals surface area contributed by atoms with Crippen molar-refractivity contribution in [3.63, 3.8) is 0 Å². The minimum Gasteiger partial charge on any atom is -0.507 e. The highest BCUT2D eigenvalue weighted by Crippen LogP contribution is 2.33. The molecule has 1 N–H and O–H groups in total. The van der Waals surface area contributed by atoms with Crippen molar-refractivity contribution in [1.29, 1.82) is 0 Å². The molecule has 0 saturated carbocycles. The first-order chi connectivity index (χ1) is 16.4. The van der Waals surface area contributed by atoms with Crippen LogP contribution in [0, 0.1) is 12.7 Å². The molecule has 0 aliphatic carbocycles. The molecule has 34 heavy (non-hydrogen) atoms. The van der Waals surface area contributed by atoms with Crippen molar-refractivity contribution in [1.82, 2.24) is 14.4 Å². The van der Waals surface area contributed by atoms with Gasteiger partial charge in [0.2, 0.25) is 0 Å². The molecule has 1 atom stereocenters. The van der Waals surface area contributed by atoms with Gasteiger partial charge in [0.05, 0.1) is 31.0 Å². The van der Waals surface area contributed by atoms with Gasteiger partial charge in [0.1, 0.15) is 17.3 Å². The van der Waals surface area contributed by atoms with Gasteiger partial charge in [0.25, 0.3) is 5.56 Å². The number of amides is 1. The number of ether oxygens (including phenoxy) is 1. The second-order valence-electron chi connectivity index (χ2n) is 8.23. The first-order valence-electron chi connectivity index (χ1n) is 11.3. The number of hydrogen-bond acceptors (Lipinski definition) is 6. The van der Waals surface area contributed by atoms with Crippen molar-refractivity contribution in [2.45, 2.75) is 26.4 Å². The Kier molecular flexibility index (Phi) is 7.02. The number of furan rings is 1. The van der Waals surface area contributed by atoms with Crippen LogP contribution in [0.3, 0.4) is 0 Å². The summed E-state index contributed by atoms with van der Waals surface area (Å²) in [5.74, 6) is 0.0987. The highest BCUT2D eigenvalue weighted by atomic mass is 19.1. The summed E-state index contributed by atoms with van der Waals surface area (Å²) >= 11 is 0. The van der Waals surface area contributed by atoms with E-state index in [-0.39, 0.29) is 29.5 Å². The van der Waals surface area contributed by atoms with Crippen LogP contribution in [0.1, 0.15) is 35.5 Å². The van der Waals surface area contributed by atoms with E-state index in [9.17, 15) is 19.1 Å². The number of aromatic hydroxyl groups is 1. The van der Waals surface area contributed by atoms with Gasteiger partial charge in [0.15, 0.2) is 0 Å². The van der Waals surface area contributed by atoms with Gasteiger partial charge >= 0.3 is 6.09 Å². The predicted octanol–water partition coefficient (Wildman–Crippen LogP) is 3.51. The Hall–Kier alpha value is -3.59. The lowest BCUT2D eigenvalue weighted by molar-refractivity contribution is 0.0709. The van der Waals surface area contributed by atoms with Crippen LogP contribution in [0.5, 0.6) is 5.75 Å². The Balaban J connectivity index is 1.74. The topological polar surface area (TPSA) is 88.2 Å². The zero-order chi connectivity index (χ0) is 24.2. The zero-order valence-corrected chi connectivity index (χ0v) is 19.2. The van der Waals surface area contributed by atoms with Crippen molar-refractivity contribution < 1.29 is 23.4 Å². The molecular formula is C25H28FN3O5. The summed E-state index contributed by atoms with van der Waals surface area (Å²) in [4.78, 5) is 29.5. The zero-order valence-electron chi connectivity index (χ0n) is 19.2. The standard InChI is InChI=1S/C25H28FN3O5/c1-3-33-25(32)28-12-10-27(11-13-28)23(18-6-8-19(26)9-7-18)22-21(30)15-17(2)29(24(22)31)16-20-5-4-14-34-20/h4-9,14-15,23,30H,3,10-13,16H2,1-2H3/t23-/m0/s1. The maximum atomic E-state index is 13.7. The van der Waals surface area contributed by atoms with Crippen molar-refractivity contribution in [3.05, 3.63) is 87.5 Å². The SMILES string of the molecule is CCOC(=O)N1CCN([C@@H](c2ccc(F)cc2)c2c(O)cc(C)n(Cc3ccco3)c2=O)CC1. The molecule has 1 saturated heterocycles. The lowest BCUT2D eigenvalue weighted by Gasteiger charge is -2.39. The summed E-state index contributed by atoms with van der Waals surface area (Å²) in [7, 11) is 0. The van der Waals surface area contributed by atoms with Gasteiger partial charge in [-0.15, -0.1) is 0 Å². The molecule has 1 aromatic carbocycles. The lowest BCUT2D eigenvalue weighted by atomic mass is 9.96. The number of benzene rings is 1. The van der Waals surface area contributed by atoms with Gasteiger partial charge in [0, 0.05) is 31.9 Å². The third-order valence-electron chi connectivity index (χ3n) is 6.08. The molecule has 0 radical (unpaired) electrons. The molecule has 0 spiro atoms. The second-order valence-corrected chi connectivity index (χ2v) is 8.23. The molecule has 1 amide bonds. The molecule has 9 heteroatoms. The number of halogens is 1. The van der Waals surface area contributed by atoms with Crippen LogP contribution in [0.25, 0.3) is 0 Å². The summed E-state index contributed by atoms with van der Waals surface area (Å²) in [5.41, 5.74) is 1.11. The number of piperazine rings is 1. The largest absolute Gasteiger partial charge is 0.507 e. The van der Waals surface area contributed by atoms with Crippen LogP contribution in [0.15, 0.2) is 57.9 Å².